The summed E-state index contributed by atoms with van der Waals surface area (Å²) >= 11 is 1.81. The van der Waals surface area contributed by atoms with E-state index in [1.165, 1.54) is 32.0 Å². The van der Waals surface area contributed by atoms with Crippen LogP contribution in [0.2, 0.25) is 0 Å². The van der Waals surface area contributed by atoms with Gasteiger partial charge in [-0.3, -0.25) is 0 Å². The van der Waals surface area contributed by atoms with Gasteiger partial charge in [-0.05, 0) is 34.5 Å². The fourth-order valence-corrected chi connectivity index (χ4v) is 4.36. The van der Waals surface area contributed by atoms with E-state index in [2.05, 4.69) is 71.7 Å². The molecule has 0 aliphatic carbocycles. The molecule has 0 N–H and O–H groups in total. The molecule has 4 aromatic rings. The molecular weight excluding hydrogens is 515 g/mol. The van der Waals surface area contributed by atoms with E-state index < -0.39 is 0 Å². The molecule has 3 aromatic carbocycles. The Balaban J connectivity index is 0.00000168. The second-order valence-corrected chi connectivity index (χ2v) is 7.07. The van der Waals surface area contributed by atoms with E-state index in [0.717, 1.165) is 11.3 Å². The van der Waals surface area contributed by atoms with Gasteiger partial charge < -0.3 is 4.98 Å². The summed E-state index contributed by atoms with van der Waals surface area (Å²) < 4.78 is 0. The topological polar surface area (TPSA) is 12.9 Å². The first-order valence-corrected chi connectivity index (χ1v) is 9.05. The number of pyridine rings is 1. The van der Waals surface area contributed by atoms with Gasteiger partial charge in [-0.15, -0.1) is 35.5 Å². The van der Waals surface area contributed by atoms with E-state index in [4.69, 9.17) is 0 Å². The van der Waals surface area contributed by atoms with Crippen molar-refractivity contribution in [1.82, 2.24) is 4.98 Å². The minimum absolute atomic E-state index is 0. The van der Waals surface area contributed by atoms with Gasteiger partial charge in [0.1, 0.15) is 0 Å². The van der Waals surface area contributed by atoms with Crippen molar-refractivity contribution in [3.8, 4) is 33.5 Å². The van der Waals surface area contributed by atoms with E-state index in [1.54, 1.807) is 0 Å². The molecule has 0 spiro atoms. The molecule has 3 heteroatoms. The predicted octanol–water partition coefficient (Wildman–Crippen LogP) is 6.34. The predicted molar refractivity (Wildman–Crippen MR) is 104 cm³/mol. The fourth-order valence-electron chi connectivity index (χ4n) is 3.29. The van der Waals surface area contributed by atoms with Crippen molar-refractivity contribution >= 4 is 11.8 Å². The molecular formula is C23H14IrNS-. The van der Waals surface area contributed by atoms with E-state index >= 15 is 0 Å². The zero-order chi connectivity index (χ0) is 16.6. The number of hydrogen-bond acceptors (Lipinski definition) is 2. The van der Waals surface area contributed by atoms with Crippen LogP contribution >= 0.6 is 11.8 Å². The van der Waals surface area contributed by atoms with Gasteiger partial charge >= 0.3 is 0 Å². The summed E-state index contributed by atoms with van der Waals surface area (Å²) in [7, 11) is 0. The Bertz CT molecular complexity index is 1080. The van der Waals surface area contributed by atoms with Crippen LogP contribution in [0.1, 0.15) is 0 Å². The first kappa shape index (κ1) is 17.2. The van der Waals surface area contributed by atoms with Crippen molar-refractivity contribution in [1.29, 1.82) is 0 Å². The molecule has 0 atom stereocenters. The number of hydrogen-bond donors (Lipinski definition) is 0. The van der Waals surface area contributed by atoms with Gasteiger partial charge in [-0.2, -0.15) is 0 Å². The molecule has 0 unspecified atom stereocenters. The van der Waals surface area contributed by atoms with Gasteiger partial charge in [-0.25, -0.2) is 0 Å². The minimum Gasteiger partial charge on any atom is -0.305 e. The zero-order valence-electron chi connectivity index (χ0n) is 13.8. The fraction of sp³-hybridized carbons (Fsp3) is 0. The van der Waals surface area contributed by atoms with Crippen molar-refractivity contribution < 1.29 is 20.1 Å². The minimum atomic E-state index is 0. The summed E-state index contributed by atoms with van der Waals surface area (Å²) in [6, 6.07) is 31.0. The standard InChI is InChI=1S/C23H14NS.Ir/c1-2-8-18-17(7-1)19-9-3-4-11-22(19)25-23-13-12-16(15-20(18)23)21-10-5-6-14-24-21;/h1-11,13-15H;/q-1;. The maximum absolute atomic E-state index is 4.48. The molecule has 26 heavy (non-hydrogen) atoms. The number of aromatic nitrogens is 1. The molecule has 0 saturated heterocycles. The quantitative estimate of drug-likeness (QED) is 0.235. The average molecular weight is 529 g/mol. The Morgan fingerprint density at radius 1 is 0.692 bits per heavy atom. The first-order valence-electron chi connectivity index (χ1n) is 8.24. The molecule has 1 radical (unpaired) electrons. The maximum atomic E-state index is 4.48. The SMILES string of the molecule is [Ir].[c-]1cc2c(cc1-c1ccccn1)-c1ccccc1-c1ccccc1S2. The van der Waals surface area contributed by atoms with Crippen LogP contribution in [0.5, 0.6) is 0 Å². The van der Waals surface area contributed by atoms with Crippen molar-refractivity contribution in [3.63, 3.8) is 0 Å². The Kier molecular flexibility index (Phi) is 4.77. The number of benzene rings is 3. The van der Waals surface area contributed by atoms with Crippen LogP contribution in [-0.2, 0) is 20.1 Å². The Morgan fingerprint density at radius 3 is 2.15 bits per heavy atom. The van der Waals surface area contributed by atoms with Gasteiger partial charge in [-0.1, -0.05) is 65.1 Å². The largest absolute Gasteiger partial charge is 0.305 e. The second kappa shape index (κ2) is 7.20. The van der Waals surface area contributed by atoms with Gasteiger partial charge in [0.15, 0.2) is 0 Å². The first-order chi connectivity index (χ1) is 12.4. The molecule has 2 heterocycles. The van der Waals surface area contributed by atoms with Crippen molar-refractivity contribution in [2.45, 2.75) is 9.79 Å². The second-order valence-electron chi connectivity index (χ2n) is 5.98. The van der Waals surface area contributed by atoms with Gasteiger partial charge in [0.25, 0.3) is 0 Å². The third kappa shape index (κ3) is 2.93. The van der Waals surface area contributed by atoms with Crippen LogP contribution in [-0.4, -0.2) is 4.98 Å². The Hall–Kier alpha value is -2.19. The van der Waals surface area contributed by atoms with E-state index in [-0.39, 0.29) is 20.1 Å². The van der Waals surface area contributed by atoms with Crippen LogP contribution in [0, 0.1) is 6.07 Å². The molecule has 0 saturated carbocycles. The summed E-state index contributed by atoms with van der Waals surface area (Å²) in [5.74, 6) is 0. The summed E-state index contributed by atoms with van der Waals surface area (Å²) in [6.45, 7) is 0. The van der Waals surface area contributed by atoms with Crippen LogP contribution in [0.15, 0.2) is 94.9 Å². The monoisotopic (exact) mass is 529 g/mol. The number of fused-ring (bicyclic) bond motifs is 5. The van der Waals surface area contributed by atoms with Gasteiger partial charge in [0, 0.05) is 31.2 Å². The van der Waals surface area contributed by atoms with Crippen LogP contribution in [0.3, 0.4) is 0 Å². The zero-order valence-corrected chi connectivity index (χ0v) is 17.0. The molecule has 1 aliphatic rings. The molecule has 1 nitrogen and oxygen atoms in total. The van der Waals surface area contributed by atoms with Crippen molar-refractivity contribution in [3.05, 3.63) is 91.1 Å². The molecule has 1 aromatic heterocycles. The maximum Gasteiger partial charge on any atom is 0.0160 e. The van der Waals surface area contributed by atoms with E-state index in [0.29, 0.717) is 0 Å². The van der Waals surface area contributed by atoms with Crippen LogP contribution in [0.4, 0.5) is 0 Å². The molecule has 1 aliphatic heterocycles. The molecule has 0 bridgehead atoms. The number of nitrogens with zero attached hydrogens (tertiary/aromatic N) is 1. The molecule has 0 amide bonds. The Morgan fingerprint density at radius 2 is 1.38 bits per heavy atom. The summed E-state index contributed by atoms with van der Waals surface area (Å²) in [5.41, 5.74) is 7.06. The molecule has 0 fully saturated rings. The van der Waals surface area contributed by atoms with Crippen LogP contribution in [0.25, 0.3) is 33.5 Å². The van der Waals surface area contributed by atoms with Crippen molar-refractivity contribution in [2.24, 2.45) is 0 Å². The van der Waals surface area contributed by atoms with E-state index in [1.807, 2.05) is 36.2 Å². The third-order valence-corrected chi connectivity index (χ3v) is 5.60. The van der Waals surface area contributed by atoms with Crippen molar-refractivity contribution in [2.75, 3.05) is 0 Å². The number of rotatable bonds is 1. The van der Waals surface area contributed by atoms with Gasteiger partial charge in [0.2, 0.25) is 0 Å². The normalized spacial score (nSPS) is 11.4. The third-order valence-electron chi connectivity index (χ3n) is 4.47. The average Bonchev–Trinajstić information content (AvgIpc) is 2.83. The van der Waals surface area contributed by atoms with Crippen LogP contribution < -0.4 is 0 Å². The van der Waals surface area contributed by atoms with E-state index in [9.17, 15) is 0 Å². The molecule has 127 valence electrons. The summed E-state index contributed by atoms with van der Waals surface area (Å²) in [5, 5.41) is 0. The van der Waals surface area contributed by atoms with Gasteiger partial charge in [0.05, 0.1) is 0 Å². The molecule has 5 rings (SSSR count). The Labute approximate surface area is 170 Å². The summed E-state index contributed by atoms with van der Waals surface area (Å²) in [6.07, 6.45) is 1.83. The smallest absolute Gasteiger partial charge is 0.0160 e. The summed E-state index contributed by atoms with van der Waals surface area (Å²) in [4.78, 5) is 7.00.